The van der Waals surface area contributed by atoms with Crippen molar-refractivity contribution in [3.8, 4) is 0 Å². The van der Waals surface area contributed by atoms with Crippen molar-refractivity contribution in [2.45, 2.75) is 25.4 Å². The zero-order chi connectivity index (χ0) is 14.8. The maximum absolute atomic E-state index is 13.4. The predicted octanol–water partition coefficient (Wildman–Crippen LogP) is 4.50. The molecule has 0 spiro atoms. The topological polar surface area (TPSA) is 15.3 Å². The van der Waals surface area contributed by atoms with E-state index >= 15 is 0 Å². The number of nitrogens with one attached hydrogen (secondary N) is 1. The summed E-state index contributed by atoms with van der Waals surface area (Å²) in [6.07, 6.45) is 2.49. The molecule has 3 rings (SSSR count). The average molecular weight is 305 g/mol. The molecule has 0 aromatic heterocycles. The van der Waals surface area contributed by atoms with Crippen LogP contribution in [0.5, 0.6) is 0 Å². The summed E-state index contributed by atoms with van der Waals surface area (Å²) in [5.74, 6) is -0.231. The second-order valence-corrected chi connectivity index (χ2v) is 5.90. The quantitative estimate of drug-likeness (QED) is 0.875. The number of nitrogens with zero attached hydrogens (tertiary/aromatic N) is 1. The van der Waals surface area contributed by atoms with E-state index in [-0.39, 0.29) is 5.82 Å². The van der Waals surface area contributed by atoms with Gasteiger partial charge in [0, 0.05) is 36.0 Å². The Morgan fingerprint density at radius 2 is 2.05 bits per heavy atom. The molecule has 2 nitrogen and oxygen atoms in total. The summed E-state index contributed by atoms with van der Waals surface area (Å²) in [4.78, 5) is 1.99. The van der Waals surface area contributed by atoms with Gasteiger partial charge < -0.3 is 10.2 Å². The molecule has 4 heteroatoms. The fourth-order valence-corrected chi connectivity index (χ4v) is 2.58. The number of rotatable bonds is 5. The first-order chi connectivity index (χ1) is 10.1. The monoisotopic (exact) mass is 304 g/mol. The molecule has 0 bridgehead atoms. The molecule has 21 heavy (non-hydrogen) atoms. The van der Waals surface area contributed by atoms with Crippen LogP contribution in [0.3, 0.4) is 0 Å². The lowest BCUT2D eigenvalue weighted by Gasteiger charge is -2.23. The number of benzene rings is 2. The molecule has 1 fully saturated rings. The third-order valence-corrected chi connectivity index (χ3v) is 3.99. The van der Waals surface area contributed by atoms with Crippen LogP contribution in [0.1, 0.15) is 18.4 Å². The van der Waals surface area contributed by atoms with E-state index in [1.54, 1.807) is 6.07 Å². The third kappa shape index (κ3) is 3.55. The van der Waals surface area contributed by atoms with Crippen LogP contribution in [0, 0.1) is 5.82 Å². The van der Waals surface area contributed by atoms with Crippen LogP contribution in [0.2, 0.25) is 5.02 Å². The van der Waals surface area contributed by atoms with E-state index in [1.807, 2.05) is 36.2 Å². The van der Waals surface area contributed by atoms with Gasteiger partial charge in [0.25, 0.3) is 0 Å². The zero-order valence-corrected chi connectivity index (χ0v) is 12.7. The largest absolute Gasteiger partial charge is 0.344 e. The first-order valence-corrected chi connectivity index (χ1v) is 7.52. The number of halogens is 2. The second-order valence-electron chi connectivity index (χ2n) is 5.47. The van der Waals surface area contributed by atoms with Crippen molar-refractivity contribution in [1.82, 2.24) is 5.32 Å². The normalized spacial score (nSPS) is 14.2. The summed E-state index contributed by atoms with van der Waals surface area (Å²) in [5.41, 5.74) is 2.99. The van der Waals surface area contributed by atoms with Gasteiger partial charge in [-0.2, -0.15) is 0 Å². The molecule has 1 saturated carbocycles. The van der Waals surface area contributed by atoms with E-state index in [0.29, 0.717) is 6.04 Å². The minimum atomic E-state index is -0.231. The summed E-state index contributed by atoms with van der Waals surface area (Å²) in [6.45, 7) is 0.778. The van der Waals surface area contributed by atoms with Crippen LogP contribution in [0.15, 0.2) is 42.5 Å². The summed E-state index contributed by atoms with van der Waals surface area (Å²) in [5, 5.41) is 4.22. The Labute approximate surface area is 129 Å². The van der Waals surface area contributed by atoms with Crippen LogP contribution < -0.4 is 10.2 Å². The van der Waals surface area contributed by atoms with E-state index in [0.717, 1.165) is 28.5 Å². The van der Waals surface area contributed by atoms with Gasteiger partial charge in [-0.3, -0.25) is 0 Å². The average Bonchev–Trinajstić information content (AvgIpc) is 3.29. The zero-order valence-electron chi connectivity index (χ0n) is 11.9. The number of hydrogen-bond acceptors (Lipinski definition) is 2. The Balaban J connectivity index is 1.88. The fraction of sp³-hybridized carbons (Fsp3) is 0.294. The highest BCUT2D eigenvalue weighted by Gasteiger charge is 2.21. The Morgan fingerprint density at radius 3 is 2.76 bits per heavy atom. The van der Waals surface area contributed by atoms with Gasteiger partial charge in [0.1, 0.15) is 5.82 Å². The van der Waals surface area contributed by atoms with Gasteiger partial charge in [-0.25, -0.2) is 4.39 Å². The van der Waals surface area contributed by atoms with Crippen LogP contribution in [0.4, 0.5) is 15.8 Å². The number of hydrogen-bond donors (Lipinski definition) is 1. The Hall–Kier alpha value is -1.58. The molecular weight excluding hydrogens is 287 g/mol. The fourth-order valence-electron chi connectivity index (χ4n) is 2.39. The molecule has 2 aromatic rings. The van der Waals surface area contributed by atoms with Crippen molar-refractivity contribution < 1.29 is 4.39 Å². The lowest BCUT2D eigenvalue weighted by atomic mass is 10.1. The van der Waals surface area contributed by atoms with Gasteiger partial charge in [-0.05, 0) is 54.8 Å². The summed E-state index contributed by atoms with van der Waals surface area (Å²) < 4.78 is 13.4. The van der Waals surface area contributed by atoms with E-state index in [9.17, 15) is 4.39 Å². The maximum atomic E-state index is 13.4. The van der Waals surface area contributed by atoms with Gasteiger partial charge in [0.2, 0.25) is 0 Å². The molecule has 0 aliphatic heterocycles. The molecule has 1 N–H and O–H groups in total. The molecule has 110 valence electrons. The minimum Gasteiger partial charge on any atom is -0.344 e. The standard InChI is InChI=1S/C17H18ClFN2/c1-21(16-4-2-3-14(19)10-16)17-8-5-13(18)9-12(17)11-20-15-6-7-15/h2-5,8-10,15,20H,6-7,11H2,1H3. The van der Waals surface area contributed by atoms with Crippen molar-refractivity contribution in [3.63, 3.8) is 0 Å². The molecule has 0 unspecified atom stereocenters. The van der Waals surface area contributed by atoms with Crippen molar-refractivity contribution in [2.75, 3.05) is 11.9 Å². The van der Waals surface area contributed by atoms with Gasteiger partial charge in [-0.15, -0.1) is 0 Å². The van der Waals surface area contributed by atoms with E-state index in [1.165, 1.54) is 25.0 Å². The van der Waals surface area contributed by atoms with Crippen molar-refractivity contribution in [2.24, 2.45) is 0 Å². The Kier molecular flexibility index (Phi) is 4.13. The van der Waals surface area contributed by atoms with E-state index < -0.39 is 0 Å². The smallest absolute Gasteiger partial charge is 0.125 e. The maximum Gasteiger partial charge on any atom is 0.125 e. The number of anilines is 2. The summed E-state index contributed by atoms with van der Waals surface area (Å²) in [6, 6.07) is 13.1. The molecule has 2 aromatic carbocycles. The van der Waals surface area contributed by atoms with Gasteiger partial charge in [-0.1, -0.05) is 17.7 Å². The highest BCUT2D eigenvalue weighted by Crippen LogP contribution is 2.30. The highest BCUT2D eigenvalue weighted by atomic mass is 35.5. The lowest BCUT2D eigenvalue weighted by molar-refractivity contribution is 0.628. The van der Waals surface area contributed by atoms with Gasteiger partial charge in [0.05, 0.1) is 0 Å². The molecule has 1 aliphatic rings. The molecule has 0 amide bonds. The lowest BCUT2D eigenvalue weighted by Crippen LogP contribution is -2.19. The summed E-state index contributed by atoms with van der Waals surface area (Å²) >= 11 is 6.12. The Bertz CT molecular complexity index is 640. The SMILES string of the molecule is CN(c1cccc(F)c1)c1ccc(Cl)cc1CNC1CC1. The summed E-state index contributed by atoms with van der Waals surface area (Å²) in [7, 11) is 1.94. The second kappa shape index (κ2) is 6.04. The molecule has 0 saturated heterocycles. The molecule has 1 aliphatic carbocycles. The van der Waals surface area contributed by atoms with Crippen molar-refractivity contribution in [1.29, 1.82) is 0 Å². The van der Waals surface area contributed by atoms with Crippen molar-refractivity contribution in [3.05, 3.63) is 58.9 Å². The van der Waals surface area contributed by atoms with Crippen LogP contribution in [0.25, 0.3) is 0 Å². The predicted molar refractivity (Wildman–Crippen MR) is 85.8 cm³/mol. The van der Waals surface area contributed by atoms with E-state index in [2.05, 4.69) is 5.32 Å². The first-order valence-electron chi connectivity index (χ1n) is 7.14. The van der Waals surface area contributed by atoms with Crippen LogP contribution in [-0.4, -0.2) is 13.1 Å². The van der Waals surface area contributed by atoms with Crippen molar-refractivity contribution >= 4 is 23.0 Å². The Morgan fingerprint density at radius 1 is 1.24 bits per heavy atom. The molecular formula is C17H18ClFN2. The van der Waals surface area contributed by atoms with Gasteiger partial charge in [0.15, 0.2) is 0 Å². The van der Waals surface area contributed by atoms with Crippen LogP contribution >= 0.6 is 11.6 Å². The first kappa shape index (κ1) is 14.4. The van der Waals surface area contributed by atoms with Gasteiger partial charge >= 0.3 is 0 Å². The molecule has 0 radical (unpaired) electrons. The highest BCUT2D eigenvalue weighted by molar-refractivity contribution is 6.30. The van der Waals surface area contributed by atoms with E-state index in [4.69, 9.17) is 11.6 Å². The molecule has 0 heterocycles. The van der Waals surface area contributed by atoms with Crippen LogP contribution in [-0.2, 0) is 6.54 Å². The minimum absolute atomic E-state index is 0.231. The third-order valence-electron chi connectivity index (χ3n) is 3.76. The molecule has 0 atom stereocenters.